The first kappa shape index (κ1) is 6.99. The molecule has 3 nitrogen and oxygen atoms in total. The second kappa shape index (κ2) is 2.25. The molecular formula is C6H13NO2. The predicted molar refractivity (Wildman–Crippen MR) is 34.0 cm³/mol. The predicted octanol–water partition coefficient (Wildman–Crippen LogP) is -0.515. The summed E-state index contributed by atoms with van der Waals surface area (Å²) in [5.74, 6) is 0. The van der Waals surface area contributed by atoms with Crippen LogP contribution in [0.4, 0.5) is 0 Å². The van der Waals surface area contributed by atoms with Crippen LogP contribution in [0, 0.1) is 0 Å². The minimum absolute atomic E-state index is 0.0684. The van der Waals surface area contributed by atoms with E-state index in [0.717, 1.165) is 0 Å². The van der Waals surface area contributed by atoms with Crippen LogP contribution < -0.4 is 5.73 Å². The summed E-state index contributed by atoms with van der Waals surface area (Å²) in [5, 5.41) is 9.38. The fourth-order valence-electron chi connectivity index (χ4n) is 1.05. The van der Waals surface area contributed by atoms with Gasteiger partial charge in [-0.25, -0.2) is 0 Å². The molecule has 3 N–H and O–H groups in total. The van der Waals surface area contributed by atoms with Gasteiger partial charge in [0.1, 0.15) is 5.60 Å². The van der Waals surface area contributed by atoms with E-state index in [1.807, 2.05) is 6.92 Å². The minimum atomic E-state index is -0.603. The summed E-state index contributed by atoms with van der Waals surface area (Å²) in [6, 6.07) is 0.0684. The molecule has 0 aromatic heterocycles. The normalized spacial score (nSPS) is 27.0. The number of aliphatic hydroxyl groups is 1. The molecule has 0 spiro atoms. The molecule has 0 bridgehead atoms. The lowest BCUT2D eigenvalue weighted by atomic mass is 9.94. The van der Waals surface area contributed by atoms with Crippen LogP contribution in [0.25, 0.3) is 0 Å². The van der Waals surface area contributed by atoms with Crippen molar-refractivity contribution < 1.29 is 9.84 Å². The quantitative estimate of drug-likeness (QED) is 0.530. The second-order valence-corrected chi connectivity index (χ2v) is 2.90. The van der Waals surface area contributed by atoms with Gasteiger partial charge in [0.05, 0.1) is 13.2 Å². The van der Waals surface area contributed by atoms with Crippen LogP contribution >= 0.6 is 0 Å². The molecule has 0 aliphatic carbocycles. The summed E-state index contributed by atoms with van der Waals surface area (Å²) in [6.07, 6.45) is 0.646. The lowest BCUT2D eigenvalue weighted by molar-refractivity contribution is -0.182. The largest absolute Gasteiger partial charge is 0.385 e. The highest BCUT2D eigenvalue weighted by Gasteiger charge is 2.36. The third-order valence-electron chi connectivity index (χ3n) is 1.44. The van der Waals surface area contributed by atoms with Gasteiger partial charge < -0.3 is 15.6 Å². The van der Waals surface area contributed by atoms with Crippen molar-refractivity contribution in [3.05, 3.63) is 0 Å². The van der Waals surface area contributed by atoms with Gasteiger partial charge in [-0.15, -0.1) is 0 Å². The molecule has 0 radical (unpaired) electrons. The Kier molecular flexibility index (Phi) is 1.75. The van der Waals surface area contributed by atoms with Crippen LogP contribution in [0.2, 0.25) is 0 Å². The number of rotatable bonds is 2. The summed E-state index contributed by atoms with van der Waals surface area (Å²) < 4.78 is 4.83. The van der Waals surface area contributed by atoms with E-state index in [0.29, 0.717) is 19.6 Å². The van der Waals surface area contributed by atoms with Gasteiger partial charge in [-0.1, -0.05) is 0 Å². The van der Waals surface area contributed by atoms with Gasteiger partial charge in [0.2, 0.25) is 0 Å². The Hall–Kier alpha value is -0.120. The van der Waals surface area contributed by atoms with E-state index in [-0.39, 0.29) is 6.04 Å². The maximum atomic E-state index is 9.38. The van der Waals surface area contributed by atoms with E-state index >= 15 is 0 Å². The molecule has 3 heteroatoms. The molecule has 0 aromatic rings. The van der Waals surface area contributed by atoms with Crippen LogP contribution in [0.5, 0.6) is 0 Å². The molecule has 9 heavy (non-hydrogen) atoms. The highest BCUT2D eigenvalue weighted by Crippen LogP contribution is 2.21. The topological polar surface area (TPSA) is 55.5 Å². The van der Waals surface area contributed by atoms with E-state index in [4.69, 9.17) is 10.5 Å². The Labute approximate surface area is 54.8 Å². The van der Waals surface area contributed by atoms with Crippen molar-refractivity contribution in [2.24, 2.45) is 5.73 Å². The van der Waals surface area contributed by atoms with E-state index in [1.165, 1.54) is 0 Å². The smallest absolute Gasteiger partial charge is 0.113 e. The van der Waals surface area contributed by atoms with E-state index in [9.17, 15) is 5.11 Å². The molecule has 0 amide bonds. The first-order valence-corrected chi connectivity index (χ1v) is 3.18. The van der Waals surface area contributed by atoms with E-state index in [2.05, 4.69) is 0 Å². The maximum absolute atomic E-state index is 9.38. The summed E-state index contributed by atoms with van der Waals surface area (Å²) in [4.78, 5) is 0. The highest BCUT2D eigenvalue weighted by atomic mass is 16.5. The van der Waals surface area contributed by atoms with Crippen molar-refractivity contribution in [1.29, 1.82) is 0 Å². The van der Waals surface area contributed by atoms with Gasteiger partial charge in [-0.2, -0.15) is 0 Å². The molecule has 0 saturated carbocycles. The highest BCUT2D eigenvalue weighted by molar-refractivity contribution is 4.87. The Bertz CT molecular complexity index is 99.2. The number of hydrogen-bond donors (Lipinski definition) is 2. The average molecular weight is 131 g/mol. The first-order valence-electron chi connectivity index (χ1n) is 3.18. The Morgan fingerprint density at radius 3 is 2.44 bits per heavy atom. The number of nitrogens with two attached hydrogens (primary N) is 1. The molecule has 1 atom stereocenters. The first-order chi connectivity index (χ1) is 4.12. The third-order valence-corrected chi connectivity index (χ3v) is 1.44. The molecule has 1 heterocycles. The Morgan fingerprint density at radius 2 is 2.33 bits per heavy atom. The van der Waals surface area contributed by atoms with Crippen molar-refractivity contribution in [2.45, 2.75) is 25.0 Å². The van der Waals surface area contributed by atoms with E-state index < -0.39 is 5.60 Å². The van der Waals surface area contributed by atoms with Gasteiger partial charge in [-0.05, 0) is 13.3 Å². The summed E-state index contributed by atoms with van der Waals surface area (Å²) >= 11 is 0. The van der Waals surface area contributed by atoms with Crippen molar-refractivity contribution >= 4 is 0 Å². The van der Waals surface area contributed by atoms with Crippen LogP contribution in [-0.4, -0.2) is 30.0 Å². The number of ether oxygens (including phenoxy) is 1. The molecule has 1 aliphatic rings. The third kappa shape index (κ3) is 1.64. The lowest BCUT2D eigenvalue weighted by Gasteiger charge is -2.37. The van der Waals surface area contributed by atoms with Gasteiger partial charge in [0.15, 0.2) is 0 Å². The molecule has 0 aromatic carbocycles. The van der Waals surface area contributed by atoms with Gasteiger partial charge in [-0.3, -0.25) is 0 Å². The number of hydrogen-bond acceptors (Lipinski definition) is 3. The fourth-order valence-corrected chi connectivity index (χ4v) is 1.05. The summed E-state index contributed by atoms with van der Waals surface area (Å²) in [5.41, 5.74) is 4.87. The minimum Gasteiger partial charge on any atom is -0.385 e. The molecule has 1 fully saturated rings. The molecule has 1 unspecified atom stereocenters. The molecule has 1 saturated heterocycles. The zero-order valence-electron chi connectivity index (χ0n) is 5.63. The van der Waals surface area contributed by atoms with Crippen molar-refractivity contribution in [3.63, 3.8) is 0 Å². The van der Waals surface area contributed by atoms with Gasteiger partial charge in [0.25, 0.3) is 0 Å². The van der Waals surface area contributed by atoms with Crippen LogP contribution in [-0.2, 0) is 4.74 Å². The standard InChI is InChI=1S/C6H13NO2/c1-5(7)2-6(8)3-9-4-6/h5,8H,2-4,7H2,1H3. The lowest BCUT2D eigenvalue weighted by Crippen LogP contribution is -2.52. The Morgan fingerprint density at radius 1 is 1.78 bits per heavy atom. The maximum Gasteiger partial charge on any atom is 0.113 e. The van der Waals surface area contributed by atoms with Crippen LogP contribution in [0.1, 0.15) is 13.3 Å². The molecule has 54 valence electrons. The molecular weight excluding hydrogens is 118 g/mol. The summed E-state index contributed by atoms with van der Waals surface area (Å²) in [7, 11) is 0. The average Bonchev–Trinajstić information content (AvgIpc) is 1.60. The van der Waals surface area contributed by atoms with Gasteiger partial charge in [0, 0.05) is 6.04 Å². The van der Waals surface area contributed by atoms with E-state index in [1.54, 1.807) is 0 Å². The fraction of sp³-hybridized carbons (Fsp3) is 1.00. The van der Waals surface area contributed by atoms with Crippen LogP contribution in [0.3, 0.4) is 0 Å². The zero-order chi connectivity index (χ0) is 6.91. The molecule has 1 rings (SSSR count). The zero-order valence-corrected chi connectivity index (χ0v) is 5.63. The summed E-state index contributed by atoms with van der Waals surface area (Å²) in [6.45, 7) is 2.79. The van der Waals surface area contributed by atoms with Crippen LogP contribution in [0.15, 0.2) is 0 Å². The van der Waals surface area contributed by atoms with Crippen molar-refractivity contribution in [1.82, 2.24) is 0 Å². The monoisotopic (exact) mass is 131 g/mol. The SMILES string of the molecule is CC(N)CC1(O)COC1. The second-order valence-electron chi connectivity index (χ2n) is 2.90. The van der Waals surface area contributed by atoms with Crippen molar-refractivity contribution in [2.75, 3.05) is 13.2 Å². The van der Waals surface area contributed by atoms with Crippen molar-refractivity contribution in [3.8, 4) is 0 Å². The Balaban J connectivity index is 2.24. The van der Waals surface area contributed by atoms with Gasteiger partial charge >= 0.3 is 0 Å². The molecule has 1 aliphatic heterocycles.